The van der Waals surface area contributed by atoms with Crippen LogP contribution in [0.4, 0.5) is 5.69 Å². The highest BCUT2D eigenvalue weighted by atomic mass is 35.5. The normalized spacial score (nSPS) is 20.3. The number of rotatable bonds is 4. The molecule has 1 atom stereocenters. The van der Waals surface area contributed by atoms with Crippen LogP contribution in [0.25, 0.3) is 0 Å². The molecule has 114 valence electrons. The summed E-state index contributed by atoms with van der Waals surface area (Å²) in [4.78, 5) is 26.9. The number of ketones is 1. The van der Waals surface area contributed by atoms with Crippen LogP contribution in [0.2, 0.25) is 4.34 Å². The highest BCUT2D eigenvalue weighted by Crippen LogP contribution is 2.43. The van der Waals surface area contributed by atoms with E-state index in [-0.39, 0.29) is 12.2 Å². The molecule has 0 radical (unpaired) electrons. The fourth-order valence-electron chi connectivity index (χ4n) is 2.78. The van der Waals surface area contributed by atoms with Crippen LogP contribution in [0.3, 0.4) is 0 Å². The molecule has 3 rings (SSSR count). The Hall–Kier alpha value is -1.69. The number of aliphatic hydroxyl groups is 1. The number of carbonyl (C=O) groups is 2. The third-order valence-electron chi connectivity index (χ3n) is 3.82. The maximum absolute atomic E-state index is 12.6. The first-order chi connectivity index (χ1) is 10.5. The van der Waals surface area contributed by atoms with Crippen molar-refractivity contribution in [3.05, 3.63) is 51.2 Å². The number of thiophene rings is 1. The summed E-state index contributed by atoms with van der Waals surface area (Å²) in [5, 5.41) is 10.9. The van der Waals surface area contributed by atoms with Gasteiger partial charge >= 0.3 is 0 Å². The predicted octanol–water partition coefficient (Wildman–Crippen LogP) is 3.23. The number of Topliss-reactive ketones (excluding diaryl/α,β-unsaturated/α-hetero) is 1. The Kier molecular flexibility index (Phi) is 3.80. The lowest BCUT2D eigenvalue weighted by atomic mass is 9.89. The predicted molar refractivity (Wildman–Crippen MR) is 86.6 cm³/mol. The molecule has 1 aliphatic heterocycles. The number of nitrogens with zero attached hydrogens (tertiary/aromatic N) is 1. The highest BCUT2D eigenvalue weighted by Gasteiger charge is 2.50. The van der Waals surface area contributed by atoms with Gasteiger partial charge in [-0.1, -0.05) is 29.8 Å². The molecule has 1 aromatic heterocycles. The minimum absolute atomic E-state index is 0.282. The van der Waals surface area contributed by atoms with Crippen molar-refractivity contribution in [2.75, 3.05) is 11.4 Å². The average Bonchev–Trinajstić information content (AvgIpc) is 3.02. The summed E-state index contributed by atoms with van der Waals surface area (Å²) in [7, 11) is 0. The second-order valence-electron chi connectivity index (χ2n) is 5.13. The second kappa shape index (κ2) is 5.50. The number of benzene rings is 1. The Morgan fingerprint density at radius 1 is 1.32 bits per heavy atom. The molecule has 1 aromatic carbocycles. The smallest absolute Gasteiger partial charge is 0.264 e. The van der Waals surface area contributed by atoms with Gasteiger partial charge in [-0.15, -0.1) is 11.3 Å². The summed E-state index contributed by atoms with van der Waals surface area (Å²) < 4.78 is 0.503. The van der Waals surface area contributed by atoms with E-state index >= 15 is 0 Å². The van der Waals surface area contributed by atoms with Crippen molar-refractivity contribution in [3.8, 4) is 0 Å². The van der Waals surface area contributed by atoms with Gasteiger partial charge in [-0.2, -0.15) is 0 Å². The summed E-state index contributed by atoms with van der Waals surface area (Å²) in [5.74, 6) is -0.743. The van der Waals surface area contributed by atoms with E-state index in [1.54, 1.807) is 36.4 Å². The number of likely N-dealkylation sites (N-methyl/N-ethyl adjacent to an activating group) is 1. The van der Waals surface area contributed by atoms with Gasteiger partial charge in [0.05, 0.1) is 21.3 Å². The van der Waals surface area contributed by atoms with Gasteiger partial charge in [0, 0.05) is 12.1 Å². The van der Waals surface area contributed by atoms with Crippen LogP contribution >= 0.6 is 22.9 Å². The first-order valence-corrected chi connectivity index (χ1v) is 8.09. The fourth-order valence-corrected chi connectivity index (χ4v) is 3.76. The third-order valence-corrected chi connectivity index (χ3v) is 5.09. The van der Waals surface area contributed by atoms with E-state index in [4.69, 9.17) is 11.6 Å². The lowest BCUT2D eigenvalue weighted by Gasteiger charge is -2.21. The van der Waals surface area contributed by atoms with Gasteiger partial charge in [-0.05, 0) is 25.1 Å². The molecular formula is C16H14ClNO3S. The largest absolute Gasteiger partial charge is 0.375 e. The Balaban J connectivity index is 1.98. The topological polar surface area (TPSA) is 57.6 Å². The van der Waals surface area contributed by atoms with E-state index in [1.165, 1.54) is 4.90 Å². The monoisotopic (exact) mass is 335 g/mol. The van der Waals surface area contributed by atoms with E-state index in [9.17, 15) is 14.7 Å². The SMILES string of the molecule is CCN1C(=O)[C@](O)(CC(=O)c2ccc(Cl)s2)c2ccccc21. The van der Waals surface area contributed by atoms with Crippen LogP contribution in [-0.4, -0.2) is 23.3 Å². The van der Waals surface area contributed by atoms with Gasteiger partial charge in [0.15, 0.2) is 11.4 Å². The number of carbonyl (C=O) groups excluding carboxylic acids is 2. The molecule has 2 heterocycles. The average molecular weight is 336 g/mol. The minimum atomic E-state index is -1.81. The van der Waals surface area contributed by atoms with E-state index in [1.807, 2.05) is 6.92 Å². The van der Waals surface area contributed by atoms with Gasteiger partial charge in [0.2, 0.25) is 0 Å². The van der Waals surface area contributed by atoms with Crippen molar-refractivity contribution >= 4 is 40.3 Å². The molecule has 0 aliphatic carbocycles. The standard InChI is InChI=1S/C16H14ClNO3S/c1-2-18-11-6-4-3-5-10(11)16(21,15(18)20)9-12(19)13-7-8-14(17)22-13/h3-8,21H,2,9H2,1H3/t16-/m0/s1. The van der Waals surface area contributed by atoms with Crippen molar-refractivity contribution in [1.29, 1.82) is 0 Å². The summed E-state index contributed by atoms with van der Waals surface area (Å²) in [6, 6.07) is 10.3. The molecule has 6 heteroatoms. The second-order valence-corrected chi connectivity index (χ2v) is 6.85. The lowest BCUT2D eigenvalue weighted by molar-refractivity contribution is -0.135. The Morgan fingerprint density at radius 3 is 2.68 bits per heavy atom. The molecule has 1 amide bonds. The number of amides is 1. The summed E-state index contributed by atoms with van der Waals surface area (Å²) in [6.07, 6.45) is -0.282. The Labute approximate surface area is 136 Å². The third kappa shape index (κ3) is 2.26. The molecule has 0 saturated carbocycles. The van der Waals surface area contributed by atoms with E-state index in [0.29, 0.717) is 27.0 Å². The number of para-hydroxylation sites is 1. The van der Waals surface area contributed by atoms with Crippen molar-refractivity contribution < 1.29 is 14.7 Å². The molecule has 2 aromatic rings. The zero-order valence-electron chi connectivity index (χ0n) is 11.9. The van der Waals surface area contributed by atoms with Crippen molar-refractivity contribution in [3.63, 3.8) is 0 Å². The quantitative estimate of drug-likeness (QED) is 0.873. The van der Waals surface area contributed by atoms with Gasteiger partial charge in [0.25, 0.3) is 5.91 Å². The molecule has 1 aliphatic rings. The fraction of sp³-hybridized carbons (Fsp3) is 0.250. The van der Waals surface area contributed by atoms with Crippen molar-refractivity contribution in [2.45, 2.75) is 18.9 Å². The van der Waals surface area contributed by atoms with Gasteiger partial charge in [0.1, 0.15) is 0 Å². The zero-order valence-corrected chi connectivity index (χ0v) is 13.4. The van der Waals surface area contributed by atoms with Gasteiger partial charge < -0.3 is 10.0 Å². The number of anilines is 1. The first-order valence-electron chi connectivity index (χ1n) is 6.89. The van der Waals surface area contributed by atoms with Gasteiger partial charge in [-0.3, -0.25) is 9.59 Å². The first kappa shape index (κ1) is 15.2. The van der Waals surface area contributed by atoms with Crippen LogP contribution in [0, 0.1) is 0 Å². The molecule has 0 fully saturated rings. The van der Waals surface area contributed by atoms with Crippen LogP contribution < -0.4 is 4.90 Å². The zero-order chi connectivity index (χ0) is 15.9. The van der Waals surface area contributed by atoms with Crippen LogP contribution in [-0.2, 0) is 10.4 Å². The molecule has 1 N–H and O–H groups in total. The Bertz CT molecular complexity index is 757. The lowest BCUT2D eigenvalue weighted by Crippen LogP contribution is -2.41. The number of hydrogen-bond acceptors (Lipinski definition) is 4. The molecule has 4 nitrogen and oxygen atoms in total. The maximum atomic E-state index is 12.6. The van der Waals surface area contributed by atoms with Crippen LogP contribution in [0.5, 0.6) is 0 Å². The Morgan fingerprint density at radius 2 is 2.05 bits per heavy atom. The number of halogens is 1. The van der Waals surface area contributed by atoms with Crippen molar-refractivity contribution in [1.82, 2.24) is 0 Å². The number of hydrogen-bond donors (Lipinski definition) is 1. The molecule has 0 spiro atoms. The van der Waals surface area contributed by atoms with E-state index in [0.717, 1.165) is 11.3 Å². The van der Waals surface area contributed by atoms with Crippen LogP contribution in [0.1, 0.15) is 28.6 Å². The summed E-state index contributed by atoms with van der Waals surface area (Å²) in [5.41, 5.74) is -0.660. The molecule has 22 heavy (non-hydrogen) atoms. The van der Waals surface area contributed by atoms with Crippen molar-refractivity contribution in [2.24, 2.45) is 0 Å². The maximum Gasteiger partial charge on any atom is 0.264 e. The summed E-state index contributed by atoms with van der Waals surface area (Å²) >= 11 is 6.99. The summed E-state index contributed by atoms with van der Waals surface area (Å²) in [6.45, 7) is 2.28. The molecule has 0 saturated heterocycles. The van der Waals surface area contributed by atoms with Gasteiger partial charge in [-0.25, -0.2) is 0 Å². The number of fused-ring (bicyclic) bond motifs is 1. The molecule has 0 unspecified atom stereocenters. The van der Waals surface area contributed by atoms with E-state index in [2.05, 4.69) is 0 Å². The van der Waals surface area contributed by atoms with Crippen LogP contribution in [0.15, 0.2) is 36.4 Å². The molecular weight excluding hydrogens is 322 g/mol. The van der Waals surface area contributed by atoms with E-state index < -0.39 is 11.5 Å². The minimum Gasteiger partial charge on any atom is -0.375 e. The highest BCUT2D eigenvalue weighted by molar-refractivity contribution is 7.18. The molecule has 0 bridgehead atoms.